The summed E-state index contributed by atoms with van der Waals surface area (Å²) in [6.45, 7) is 4.26. The summed E-state index contributed by atoms with van der Waals surface area (Å²) in [5.74, 6) is 0.935. The molecule has 8 heteroatoms. The molecular formula is C20H20N6O2. The summed E-state index contributed by atoms with van der Waals surface area (Å²) in [4.78, 5) is 22.0. The molecule has 1 aromatic carbocycles. The van der Waals surface area contributed by atoms with Crippen molar-refractivity contribution >= 4 is 17.5 Å². The molecule has 0 unspecified atom stereocenters. The number of amides is 1. The van der Waals surface area contributed by atoms with Crippen molar-refractivity contribution in [1.29, 1.82) is 0 Å². The van der Waals surface area contributed by atoms with E-state index in [4.69, 9.17) is 4.74 Å². The number of carbonyl (C=O) groups is 1. The van der Waals surface area contributed by atoms with Crippen LogP contribution >= 0.6 is 0 Å². The van der Waals surface area contributed by atoms with Crippen LogP contribution in [0.3, 0.4) is 0 Å². The summed E-state index contributed by atoms with van der Waals surface area (Å²) in [5.41, 5.74) is 2.53. The first-order valence-corrected chi connectivity index (χ1v) is 9.00. The Morgan fingerprint density at radius 3 is 2.82 bits per heavy atom. The van der Waals surface area contributed by atoms with Crippen LogP contribution < -0.4 is 15.4 Å². The molecule has 1 amide bonds. The van der Waals surface area contributed by atoms with Crippen LogP contribution in [-0.2, 0) is 4.79 Å². The van der Waals surface area contributed by atoms with Crippen molar-refractivity contribution in [3.8, 4) is 5.75 Å². The minimum absolute atomic E-state index is 0.256. The van der Waals surface area contributed by atoms with Gasteiger partial charge in [0.05, 0.1) is 23.6 Å². The van der Waals surface area contributed by atoms with Crippen molar-refractivity contribution in [2.24, 2.45) is 0 Å². The van der Waals surface area contributed by atoms with Crippen LogP contribution in [0.1, 0.15) is 25.6 Å². The topological polar surface area (TPSA) is 94.0 Å². The standard InChI is InChI=1S/C20H20N6O2/c1-3-28-16-10-5-4-8-14(16)25-19(27)17-13(2)24-20-22-12-23-26(20)18(17)15-9-6-7-11-21-15/h4-12,18H,3H2,1-2H3,(H,25,27)(H,22,23,24)/t18-/m0/s1. The third-order valence-electron chi connectivity index (χ3n) is 4.44. The Hall–Kier alpha value is -3.68. The second-order valence-corrected chi connectivity index (χ2v) is 6.23. The number of benzene rings is 1. The van der Waals surface area contributed by atoms with Crippen LogP contribution in [0.5, 0.6) is 5.75 Å². The van der Waals surface area contributed by atoms with E-state index in [0.717, 1.165) is 0 Å². The number of allylic oxidation sites excluding steroid dienone is 1. The summed E-state index contributed by atoms with van der Waals surface area (Å²) in [7, 11) is 0. The number of hydrogen-bond donors (Lipinski definition) is 2. The molecule has 142 valence electrons. The molecule has 0 spiro atoms. The average molecular weight is 376 g/mol. The number of rotatable bonds is 5. The summed E-state index contributed by atoms with van der Waals surface area (Å²) in [6.07, 6.45) is 3.15. The van der Waals surface area contributed by atoms with E-state index < -0.39 is 6.04 Å². The number of aromatic nitrogens is 4. The van der Waals surface area contributed by atoms with Gasteiger partial charge in [0.15, 0.2) is 0 Å². The molecular weight excluding hydrogens is 356 g/mol. The van der Waals surface area contributed by atoms with E-state index in [1.807, 2.05) is 56.3 Å². The van der Waals surface area contributed by atoms with Crippen molar-refractivity contribution in [2.45, 2.75) is 19.9 Å². The van der Waals surface area contributed by atoms with Gasteiger partial charge in [0, 0.05) is 11.9 Å². The lowest BCUT2D eigenvalue weighted by molar-refractivity contribution is -0.113. The number of pyridine rings is 1. The van der Waals surface area contributed by atoms with Crippen LogP contribution in [0.4, 0.5) is 11.6 Å². The quantitative estimate of drug-likeness (QED) is 0.711. The highest BCUT2D eigenvalue weighted by molar-refractivity contribution is 6.06. The number of carbonyl (C=O) groups excluding carboxylic acids is 1. The second-order valence-electron chi connectivity index (χ2n) is 6.23. The minimum atomic E-state index is -0.487. The largest absolute Gasteiger partial charge is 0.492 e. The fourth-order valence-electron chi connectivity index (χ4n) is 3.24. The Morgan fingerprint density at radius 2 is 2.04 bits per heavy atom. The predicted octanol–water partition coefficient (Wildman–Crippen LogP) is 3.00. The number of fused-ring (bicyclic) bond motifs is 1. The van der Waals surface area contributed by atoms with E-state index in [-0.39, 0.29) is 5.91 Å². The highest BCUT2D eigenvalue weighted by Crippen LogP contribution is 2.35. The van der Waals surface area contributed by atoms with Crippen LogP contribution in [0.2, 0.25) is 0 Å². The van der Waals surface area contributed by atoms with Gasteiger partial charge in [-0.2, -0.15) is 10.1 Å². The van der Waals surface area contributed by atoms with Crippen LogP contribution in [0.15, 0.2) is 66.3 Å². The Labute approximate surface area is 162 Å². The molecule has 0 saturated carbocycles. The molecule has 0 fully saturated rings. The first-order valence-electron chi connectivity index (χ1n) is 9.00. The van der Waals surface area contributed by atoms with Crippen molar-refractivity contribution < 1.29 is 9.53 Å². The highest BCUT2D eigenvalue weighted by atomic mass is 16.5. The number of para-hydroxylation sites is 2. The van der Waals surface area contributed by atoms with E-state index in [9.17, 15) is 4.79 Å². The van der Waals surface area contributed by atoms with Gasteiger partial charge < -0.3 is 15.4 Å². The fraction of sp³-hybridized carbons (Fsp3) is 0.200. The molecule has 1 atom stereocenters. The molecule has 0 bridgehead atoms. The first-order chi connectivity index (χ1) is 13.7. The maximum absolute atomic E-state index is 13.3. The lowest BCUT2D eigenvalue weighted by atomic mass is 9.98. The number of nitrogens with one attached hydrogen (secondary N) is 2. The van der Waals surface area contributed by atoms with Crippen LogP contribution in [-0.4, -0.2) is 32.3 Å². The molecule has 0 aliphatic carbocycles. The molecule has 2 aromatic heterocycles. The van der Waals surface area contributed by atoms with E-state index in [1.54, 1.807) is 10.9 Å². The Balaban J connectivity index is 1.73. The summed E-state index contributed by atoms with van der Waals surface area (Å²) >= 11 is 0. The van der Waals surface area contributed by atoms with Gasteiger partial charge >= 0.3 is 0 Å². The van der Waals surface area contributed by atoms with Gasteiger partial charge in [-0.25, -0.2) is 4.68 Å². The predicted molar refractivity (Wildman–Crippen MR) is 105 cm³/mol. The third-order valence-corrected chi connectivity index (χ3v) is 4.44. The zero-order chi connectivity index (χ0) is 19.5. The molecule has 1 aliphatic rings. The molecule has 0 saturated heterocycles. The number of nitrogens with zero attached hydrogens (tertiary/aromatic N) is 4. The Bertz CT molecular complexity index is 1030. The van der Waals surface area contributed by atoms with Crippen molar-refractivity contribution in [3.63, 3.8) is 0 Å². The average Bonchev–Trinajstić information content (AvgIpc) is 3.17. The van der Waals surface area contributed by atoms with Gasteiger partial charge in [0.25, 0.3) is 5.91 Å². The number of anilines is 2. The molecule has 3 aromatic rings. The zero-order valence-corrected chi connectivity index (χ0v) is 15.6. The molecule has 3 heterocycles. The molecule has 2 N–H and O–H groups in total. The van der Waals surface area contributed by atoms with E-state index in [2.05, 4.69) is 25.7 Å². The summed E-state index contributed by atoms with van der Waals surface area (Å²) in [6, 6.07) is 12.5. The van der Waals surface area contributed by atoms with Gasteiger partial charge in [-0.3, -0.25) is 9.78 Å². The zero-order valence-electron chi connectivity index (χ0n) is 15.6. The first kappa shape index (κ1) is 17.7. The lowest BCUT2D eigenvalue weighted by Crippen LogP contribution is -2.32. The molecule has 1 aliphatic heterocycles. The number of ether oxygens (including phenoxy) is 1. The maximum Gasteiger partial charge on any atom is 0.256 e. The Morgan fingerprint density at radius 1 is 1.21 bits per heavy atom. The lowest BCUT2D eigenvalue weighted by Gasteiger charge is -2.28. The van der Waals surface area contributed by atoms with Crippen LogP contribution in [0, 0.1) is 0 Å². The highest BCUT2D eigenvalue weighted by Gasteiger charge is 2.34. The molecule has 8 nitrogen and oxygen atoms in total. The van der Waals surface area contributed by atoms with Crippen molar-refractivity contribution in [1.82, 2.24) is 19.7 Å². The molecule has 4 rings (SSSR count). The maximum atomic E-state index is 13.3. The fourth-order valence-corrected chi connectivity index (χ4v) is 3.24. The molecule has 28 heavy (non-hydrogen) atoms. The summed E-state index contributed by atoms with van der Waals surface area (Å²) < 4.78 is 7.29. The van der Waals surface area contributed by atoms with Crippen molar-refractivity contribution in [2.75, 3.05) is 17.2 Å². The smallest absolute Gasteiger partial charge is 0.256 e. The summed E-state index contributed by atoms with van der Waals surface area (Å²) in [5, 5.41) is 10.4. The van der Waals surface area contributed by atoms with Gasteiger partial charge in [-0.1, -0.05) is 18.2 Å². The van der Waals surface area contributed by atoms with Gasteiger partial charge in [0.1, 0.15) is 18.1 Å². The van der Waals surface area contributed by atoms with Gasteiger partial charge in [0.2, 0.25) is 5.95 Å². The molecule has 0 radical (unpaired) electrons. The van der Waals surface area contributed by atoms with E-state index in [1.165, 1.54) is 6.33 Å². The SMILES string of the molecule is CCOc1ccccc1NC(=O)C1=C(C)Nc2ncnn2[C@H]1c1ccccn1. The third kappa shape index (κ3) is 3.20. The monoisotopic (exact) mass is 376 g/mol. The minimum Gasteiger partial charge on any atom is -0.492 e. The van der Waals surface area contributed by atoms with Gasteiger partial charge in [-0.05, 0) is 38.1 Å². The van der Waals surface area contributed by atoms with E-state index in [0.29, 0.717) is 41.0 Å². The van der Waals surface area contributed by atoms with E-state index >= 15 is 0 Å². The number of hydrogen-bond acceptors (Lipinski definition) is 6. The van der Waals surface area contributed by atoms with Crippen LogP contribution in [0.25, 0.3) is 0 Å². The van der Waals surface area contributed by atoms with Gasteiger partial charge in [-0.15, -0.1) is 0 Å². The van der Waals surface area contributed by atoms with Crippen molar-refractivity contribution in [3.05, 3.63) is 72.0 Å². The Kier molecular flexibility index (Phi) is 4.76. The second kappa shape index (κ2) is 7.51. The normalized spacial score (nSPS) is 15.6.